The zero-order valence-electron chi connectivity index (χ0n) is 11.7. The highest BCUT2D eigenvalue weighted by Crippen LogP contribution is 2.32. The van der Waals surface area contributed by atoms with Gasteiger partial charge in [-0.3, -0.25) is 9.59 Å². The van der Waals surface area contributed by atoms with E-state index < -0.39 is 5.41 Å². The standard InChI is InChI=1S/C14H25N3O2/c1-14(13(16)19)6-7-17(9-14)12(18)8-10-2-4-11(15)5-3-10/h10-11H,2-9,15H2,1H3,(H2,16,19). The van der Waals surface area contributed by atoms with E-state index in [0.717, 1.165) is 25.7 Å². The largest absolute Gasteiger partial charge is 0.369 e. The molecule has 5 nitrogen and oxygen atoms in total. The second kappa shape index (κ2) is 5.49. The molecule has 1 saturated heterocycles. The average Bonchev–Trinajstić information content (AvgIpc) is 2.76. The third-order valence-electron chi connectivity index (χ3n) is 4.78. The van der Waals surface area contributed by atoms with Crippen LogP contribution in [0.2, 0.25) is 0 Å². The van der Waals surface area contributed by atoms with Crippen LogP contribution in [-0.2, 0) is 9.59 Å². The Morgan fingerprint density at radius 2 is 1.89 bits per heavy atom. The van der Waals surface area contributed by atoms with Gasteiger partial charge in [-0.25, -0.2) is 0 Å². The fourth-order valence-corrected chi connectivity index (χ4v) is 3.14. The normalized spacial score (nSPS) is 35.4. The molecule has 2 rings (SSSR count). The number of hydrogen-bond acceptors (Lipinski definition) is 3. The number of rotatable bonds is 3. The van der Waals surface area contributed by atoms with Crippen molar-refractivity contribution in [3.8, 4) is 0 Å². The first-order chi connectivity index (χ1) is 8.90. The summed E-state index contributed by atoms with van der Waals surface area (Å²) in [6.45, 7) is 2.99. The Kier molecular flexibility index (Phi) is 4.13. The van der Waals surface area contributed by atoms with E-state index in [2.05, 4.69) is 0 Å². The van der Waals surface area contributed by atoms with Crippen molar-refractivity contribution in [3.63, 3.8) is 0 Å². The van der Waals surface area contributed by atoms with Crippen molar-refractivity contribution in [2.24, 2.45) is 22.8 Å². The number of amides is 2. The molecule has 1 unspecified atom stereocenters. The topological polar surface area (TPSA) is 89.4 Å². The van der Waals surface area contributed by atoms with E-state index in [9.17, 15) is 9.59 Å². The summed E-state index contributed by atoms with van der Waals surface area (Å²) in [6, 6.07) is 0.316. The van der Waals surface area contributed by atoms with Gasteiger partial charge < -0.3 is 16.4 Å². The summed E-state index contributed by atoms with van der Waals surface area (Å²) in [7, 11) is 0. The first-order valence-corrected chi connectivity index (χ1v) is 7.24. The molecule has 1 saturated carbocycles. The lowest BCUT2D eigenvalue weighted by molar-refractivity contribution is -0.132. The van der Waals surface area contributed by atoms with Gasteiger partial charge in [0, 0.05) is 25.6 Å². The van der Waals surface area contributed by atoms with E-state index >= 15 is 0 Å². The van der Waals surface area contributed by atoms with Crippen LogP contribution >= 0.6 is 0 Å². The third kappa shape index (κ3) is 3.26. The predicted octanol–water partition coefficient (Wildman–Crippen LogP) is 0.618. The molecule has 1 atom stereocenters. The van der Waals surface area contributed by atoms with Crippen molar-refractivity contribution in [3.05, 3.63) is 0 Å². The van der Waals surface area contributed by atoms with Crippen LogP contribution in [0.3, 0.4) is 0 Å². The fourth-order valence-electron chi connectivity index (χ4n) is 3.14. The SMILES string of the molecule is CC1(C(N)=O)CCN(C(=O)CC2CCC(N)CC2)C1. The number of hydrogen-bond donors (Lipinski definition) is 2. The molecule has 1 aliphatic carbocycles. The van der Waals surface area contributed by atoms with Crippen LogP contribution in [0, 0.1) is 11.3 Å². The highest BCUT2D eigenvalue weighted by Gasteiger charge is 2.40. The highest BCUT2D eigenvalue weighted by atomic mass is 16.2. The molecule has 0 aromatic heterocycles. The van der Waals surface area contributed by atoms with Gasteiger partial charge in [0.25, 0.3) is 0 Å². The lowest BCUT2D eigenvalue weighted by atomic mass is 9.84. The third-order valence-corrected chi connectivity index (χ3v) is 4.78. The van der Waals surface area contributed by atoms with Crippen molar-refractivity contribution in [1.29, 1.82) is 0 Å². The molecule has 4 N–H and O–H groups in total. The molecule has 19 heavy (non-hydrogen) atoms. The molecule has 0 spiro atoms. The predicted molar refractivity (Wildman–Crippen MR) is 73.0 cm³/mol. The van der Waals surface area contributed by atoms with Gasteiger partial charge in [-0.2, -0.15) is 0 Å². The summed E-state index contributed by atoms with van der Waals surface area (Å²) in [5.74, 6) is 0.338. The molecular weight excluding hydrogens is 242 g/mol. The van der Waals surface area contributed by atoms with Gasteiger partial charge >= 0.3 is 0 Å². The lowest BCUT2D eigenvalue weighted by Crippen LogP contribution is -2.39. The van der Waals surface area contributed by atoms with Gasteiger partial charge in [-0.1, -0.05) is 0 Å². The number of nitrogens with zero attached hydrogens (tertiary/aromatic N) is 1. The summed E-state index contributed by atoms with van der Waals surface area (Å²) < 4.78 is 0. The van der Waals surface area contributed by atoms with Crippen molar-refractivity contribution in [1.82, 2.24) is 4.90 Å². The second-order valence-electron chi connectivity index (χ2n) is 6.48. The molecule has 2 aliphatic rings. The quantitative estimate of drug-likeness (QED) is 0.785. The van der Waals surface area contributed by atoms with Gasteiger partial charge in [0.1, 0.15) is 0 Å². The maximum absolute atomic E-state index is 12.2. The van der Waals surface area contributed by atoms with Crippen LogP contribution in [0.4, 0.5) is 0 Å². The molecular formula is C14H25N3O2. The summed E-state index contributed by atoms with van der Waals surface area (Å²) in [6.07, 6.45) is 5.43. The zero-order chi connectivity index (χ0) is 14.0. The van der Waals surface area contributed by atoms with Crippen molar-refractivity contribution in [2.45, 2.75) is 51.5 Å². The highest BCUT2D eigenvalue weighted by molar-refractivity contribution is 5.83. The Morgan fingerprint density at radius 3 is 2.42 bits per heavy atom. The smallest absolute Gasteiger partial charge is 0.225 e. The first-order valence-electron chi connectivity index (χ1n) is 7.24. The van der Waals surface area contributed by atoms with Gasteiger partial charge in [0.15, 0.2) is 0 Å². The Bertz CT molecular complexity index is 364. The molecule has 0 radical (unpaired) electrons. The molecule has 2 amide bonds. The zero-order valence-corrected chi connectivity index (χ0v) is 11.7. The van der Waals surface area contributed by atoms with Crippen LogP contribution in [0.5, 0.6) is 0 Å². The summed E-state index contributed by atoms with van der Waals surface area (Å²) in [4.78, 5) is 25.4. The van der Waals surface area contributed by atoms with Gasteiger partial charge in [-0.15, -0.1) is 0 Å². The second-order valence-corrected chi connectivity index (χ2v) is 6.48. The molecule has 0 bridgehead atoms. The van der Waals surface area contributed by atoms with E-state index in [-0.39, 0.29) is 11.8 Å². The lowest BCUT2D eigenvalue weighted by Gasteiger charge is -2.27. The van der Waals surface area contributed by atoms with Gasteiger partial charge in [-0.05, 0) is 44.9 Å². The monoisotopic (exact) mass is 267 g/mol. The molecule has 0 aromatic carbocycles. The van der Waals surface area contributed by atoms with Gasteiger partial charge in [0.2, 0.25) is 11.8 Å². The van der Waals surface area contributed by atoms with E-state index in [1.54, 1.807) is 4.90 Å². The maximum Gasteiger partial charge on any atom is 0.225 e. The number of nitrogens with two attached hydrogens (primary N) is 2. The van der Waals surface area contributed by atoms with Crippen LogP contribution in [0.1, 0.15) is 45.4 Å². The van der Waals surface area contributed by atoms with Crippen molar-refractivity contribution >= 4 is 11.8 Å². The minimum Gasteiger partial charge on any atom is -0.369 e. The molecule has 5 heteroatoms. The molecule has 108 valence electrons. The van der Waals surface area contributed by atoms with Gasteiger partial charge in [0.05, 0.1) is 5.41 Å². The van der Waals surface area contributed by atoms with Crippen molar-refractivity contribution < 1.29 is 9.59 Å². The Labute approximate surface area is 114 Å². The molecule has 2 fully saturated rings. The molecule has 1 heterocycles. The van der Waals surface area contributed by atoms with E-state index in [0.29, 0.717) is 37.9 Å². The number of carbonyl (C=O) groups excluding carboxylic acids is 2. The van der Waals surface area contributed by atoms with E-state index in [1.165, 1.54) is 0 Å². The minimum atomic E-state index is -0.537. The fraction of sp³-hybridized carbons (Fsp3) is 0.857. The first kappa shape index (κ1) is 14.3. The average molecular weight is 267 g/mol. The maximum atomic E-state index is 12.2. The van der Waals surface area contributed by atoms with Crippen LogP contribution < -0.4 is 11.5 Å². The number of primary amides is 1. The Hall–Kier alpha value is -1.10. The van der Waals surface area contributed by atoms with E-state index in [4.69, 9.17) is 11.5 Å². The van der Waals surface area contributed by atoms with Crippen LogP contribution in [0.25, 0.3) is 0 Å². The Balaban J connectivity index is 1.83. The summed E-state index contributed by atoms with van der Waals surface area (Å²) >= 11 is 0. The van der Waals surface area contributed by atoms with Crippen LogP contribution in [-0.4, -0.2) is 35.8 Å². The molecule has 1 aliphatic heterocycles. The molecule has 0 aromatic rings. The van der Waals surface area contributed by atoms with E-state index in [1.807, 2.05) is 6.92 Å². The van der Waals surface area contributed by atoms with Crippen LogP contribution in [0.15, 0.2) is 0 Å². The minimum absolute atomic E-state index is 0.172. The summed E-state index contributed by atoms with van der Waals surface area (Å²) in [5, 5.41) is 0. The number of carbonyl (C=O) groups is 2. The van der Waals surface area contributed by atoms with Crippen molar-refractivity contribution in [2.75, 3.05) is 13.1 Å². The number of likely N-dealkylation sites (tertiary alicyclic amines) is 1. The summed E-state index contributed by atoms with van der Waals surface area (Å²) in [5.41, 5.74) is 10.7. The Morgan fingerprint density at radius 1 is 1.26 bits per heavy atom.